The van der Waals surface area contributed by atoms with E-state index in [1.807, 2.05) is 6.07 Å². The predicted molar refractivity (Wildman–Crippen MR) is 255 cm³/mol. The highest BCUT2D eigenvalue weighted by molar-refractivity contribution is 5.76. The number of phenols is 7. The molecule has 1 unspecified atom stereocenters. The Balaban J connectivity index is 1.51. The number of carbonyl (C=O) groups is 3. The molecule has 19 heteroatoms. The van der Waals surface area contributed by atoms with Crippen LogP contribution in [0.15, 0.2) is 77.8 Å². The van der Waals surface area contributed by atoms with Crippen LogP contribution >= 0.6 is 0 Å². The van der Waals surface area contributed by atoms with Crippen LogP contribution in [0.3, 0.4) is 0 Å². The van der Waals surface area contributed by atoms with Crippen molar-refractivity contribution < 1.29 is 73.8 Å². The van der Waals surface area contributed by atoms with E-state index in [0.29, 0.717) is 49.1 Å². The summed E-state index contributed by atoms with van der Waals surface area (Å²) in [6, 6.07) is 18.5. The van der Waals surface area contributed by atoms with Crippen LogP contribution in [0.25, 0.3) is 0 Å². The zero-order chi connectivity index (χ0) is 50.0. The van der Waals surface area contributed by atoms with Gasteiger partial charge in [-0.2, -0.15) is 0 Å². The van der Waals surface area contributed by atoms with Crippen molar-refractivity contribution in [2.45, 2.75) is 51.4 Å². The van der Waals surface area contributed by atoms with E-state index in [1.165, 1.54) is 49.9 Å². The summed E-state index contributed by atoms with van der Waals surface area (Å²) in [7, 11) is 1.53. The summed E-state index contributed by atoms with van der Waals surface area (Å²) in [5, 5.41) is 78.5. The van der Waals surface area contributed by atoms with Crippen LogP contribution in [0.4, 0.5) is 0 Å². The summed E-state index contributed by atoms with van der Waals surface area (Å²) < 4.78 is 29.4. The van der Waals surface area contributed by atoms with Crippen molar-refractivity contribution in [3.05, 3.63) is 101 Å². The number of phenolic OH excluding ortho intramolecular Hbond substituents is 7. The highest BCUT2D eigenvalue weighted by Gasteiger charge is 2.42. The highest BCUT2D eigenvalue weighted by atomic mass is 16.5. The molecule has 10 N–H and O–H groups in total. The summed E-state index contributed by atoms with van der Waals surface area (Å²) >= 11 is 0. The van der Waals surface area contributed by atoms with Crippen molar-refractivity contribution in [1.29, 1.82) is 0 Å². The lowest BCUT2D eigenvalue weighted by molar-refractivity contribution is -0.124. The number of nitrogens with zero attached hydrogens (tertiary/aromatic N) is 1. The van der Waals surface area contributed by atoms with E-state index >= 15 is 0 Å². The molecule has 0 aliphatic carbocycles. The molecular weight excluding hydrogens is 897 g/mol. The number of methoxy groups -OCH3 is 1. The van der Waals surface area contributed by atoms with Crippen LogP contribution in [0.5, 0.6) is 40.2 Å². The Morgan fingerprint density at radius 3 is 1.39 bits per heavy atom. The van der Waals surface area contributed by atoms with Crippen LogP contribution < -0.4 is 16.0 Å². The SMILES string of the molecule is COCCOC=NCC(c1ccc(O)c(O)c1)C(COCCC(=O)NCCc1ccc(C)c(O)c1)(COCCC(=O)NCCc1ccc(O)c(O)c1)COCCC(=O)NCCc1ccc(O)c(O)c1. The van der Waals surface area contributed by atoms with Gasteiger partial charge in [0.25, 0.3) is 0 Å². The smallest absolute Gasteiger partial charge is 0.222 e. The number of nitrogens with one attached hydrogen (secondary N) is 3. The minimum atomic E-state index is -1.19. The van der Waals surface area contributed by atoms with Crippen molar-refractivity contribution in [3.8, 4) is 40.2 Å². The summed E-state index contributed by atoms with van der Waals surface area (Å²) in [6.45, 7) is 2.72. The fourth-order valence-corrected chi connectivity index (χ4v) is 7.11. The van der Waals surface area contributed by atoms with E-state index in [4.69, 9.17) is 23.7 Å². The maximum absolute atomic E-state index is 13.0. The molecule has 1 atom stereocenters. The molecular formula is C50H66N4O15. The van der Waals surface area contributed by atoms with Gasteiger partial charge in [0.05, 0.1) is 46.2 Å². The lowest BCUT2D eigenvalue weighted by Gasteiger charge is -2.40. The topological polar surface area (TPSA) is 287 Å². The molecule has 4 aromatic carbocycles. The van der Waals surface area contributed by atoms with Crippen LogP contribution in [0, 0.1) is 12.3 Å². The molecule has 3 amide bonds. The van der Waals surface area contributed by atoms with Gasteiger partial charge in [0.2, 0.25) is 17.7 Å². The minimum Gasteiger partial charge on any atom is -0.508 e. The predicted octanol–water partition coefficient (Wildman–Crippen LogP) is 3.99. The Kier molecular flexibility index (Phi) is 23.2. The standard InChI is InChI=1S/C50H66N4O15/c1-34-3-4-35(25-43(34)58)11-17-52-47(62)14-20-66-30-50(31-67-21-15-48(63)53-18-12-36-5-8-40(55)44(59)26-36,32-68-22-16-49(64)54-19-13-37-6-9-41(56)45(60)27-37)39(29-51-33-69-24-23-65-2)38-7-10-42(57)46(61)28-38/h3-10,25-28,33,39,55-61H,11-24,29-32H2,1-2H3,(H,52,62)(H,53,63)(H,54,64). The molecule has 0 saturated carbocycles. The van der Waals surface area contributed by atoms with Crippen molar-refractivity contribution in [2.75, 3.05) is 86.1 Å². The molecule has 0 aromatic heterocycles. The number of aryl methyl sites for hydroxylation is 1. The first-order valence-corrected chi connectivity index (χ1v) is 22.6. The average Bonchev–Trinajstić information content (AvgIpc) is 3.32. The van der Waals surface area contributed by atoms with Gasteiger partial charge in [-0.15, -0.1) is 0 Å². The zero-order valence-electron chi connectivity index (χ0n) is 39.2. The van der Waals surface area contributed by atoms with Crippen LogP contribution in [0.2, 0.25) is 0 Å². The molecule has 0 fully saturated rings. The van der Waals surface area contributed by atoms with Crippen molar-refractivity contribution in [3.63, 3.8) is 0 Å². The van der Waals surface area contributed by atoms with Gasteiger partial charge in [-0.3, -0.25) is 19.4 Å². The first-order valence-electron chi connectivity index (χ1n) is 22.6. The van der Waals surface area contributed by atoms with Gasteiger partial charge in [0.15, 0.2) is 40.9 Å². The van der Waals surface area contributed by atoms with Gasteiger partial charge in [0, 0.05) is 63.9 Å². The van der Waals surface area contributed by atoms with E-state index in [-0.39, 0.29) is 137 Å². The maximum atomic E-state index is 13.0. The Morgan fingerprint density at radius 2 is 0.971 bits per heavy atom. The number of amides is 3. The minimum absolute atomic E-state index is 0.0129. The van der Waals surface area contributed by atoms with Crippen LogP contribution in [0.1, 0.15) is 53.0 Å². The summed E-state index contributed by atoms with van der Waals surface area (Å²) in [4.78, 5) is 43.4. The summed E-state index contributed by atoms with van der Waals surface area (Å²) in [5.74, 6) is -3.19. The third-order valence-electron chi connectivity index (χ3n) is 11.1. The van der Waals surface area contributed by atoms with Gasteiger partial charge < -0.3 is 75.4 Å². The highest BCUT2D eigenvalue weighted by Crippen LogP contribution is 2.41. The molecule has 0 spiro atoms. The molecule has 4 rings (SSSR count). The Morgan fingerprint density at radius 1 is 0.551 bits per heavy atom. The lowest BCUT2D eigenvalue weighted by atomic mass is 9.73. The maximum Gasteiger partial charge on any atom is 0.222 e. The van der Waals surface area contributed by atoms with Crippen molar-refractivity contribution >= 4 is 24.1 Å². The number of aliphatic imine (C=N–C) groups is 1. The molecule has 0 aliphatic heterocycles. The average molecular weight is 963 g/mol. The number of hydrogen-bond donors (Lipinski definition) is 10. The van der Waals surface area contributed by atoms with E-state index in [1.54, 1.807) is 37.3 Å². The van der Waals surface area contributed by atoms with E-state index in [2.05, 4.69) is 20.9 Å². The van der Waals surface area contributed by atoms with E-state index in [9.17, 15) is 50.1 Å². The summed E-state index contributed by atoms with van der Waals surface area (Å²) in [6.07, 6.45) is 2.46. The fourth-order valence-electron chi connectivity index (χ4n) is 7.11. The second-order valence-corrected chi connectivity index (χ2v) is 16.5. The number of carbonyl (C=O) groups excluding carboxylic acids is 3. The molecule has 4 aromatic rings. The molecule has 19 nitrogen and oxygen atoms in total. The van der Waals surface area contributed by atoms with Crippen LogP contribution in [-0.4, -0.2) is 146 Å². The molecule has 69 heavy (non-hydrogen) atoms. The normalized spacial score (nSPS) is 11.9. The van der Waals surface area contributed by atoms with Gasteiger partial charge in [-0.05, 0) is 96.5 Å². The molecule has 376 valence electrons. The van der Waals surface area contributed by atoms with Gasteiger partial charge in [-0.25, -0.2) is 0 Å². The van der Waals surface area contributed by atoms with Crippen molar-refractivity contribution in [2.24, 2.45) is 10.4 Å². The van der Waals surface area contributed by atoms with Crippen LogP contribution in [-0.2, 0) is 57.3 Å². The van der Waals surface area contributed by atoms with E-state index < -0.39 is 17.1 Å². The Hall–Kier alpha value is -6.80. The lowest BCUT2D eigenvalue weighted by Crippen LogP contribution is -2.45. The van der Waals surface area contributed by atoms with Gasteiger partial charge >= 0.3 is 0 Å². The number of benzene rings is 4. The fraction of sp³-hybridized carbons (Fsp3) is 0.440. The monoisotopic (exact) mass is 962 g/mol. The van der Waals surface area contributed by atoms with E-state index in [0.717, 1.165) is 11.1 Å². The Bertz CT molecular complexity index is 2090. The zero-order valence-corrected chi connectivity index (χ0v) is 39.2. The van der Waals surface area contributed by atoms with Crippen molar-refractivity contribution in [1.82, 2.24) is 16.0 Å². The molecule has 0 saturated heterocycles. The third-order valence-corrected chi connectivity index (χ3v) is 11.1. The third kappa shape index (κ3) is 19.4. The number of aromatic hydroxyl groups is 7. The molecule has 0 radical (unpaired) electrons. The first kappa shape index (κ1) is 54.8. The first-order chi connectivity index (χ1) is 33.2. The Labute approximate surface area is 401 Å². The number of rotatable bonds is 32. The van der Waals surface area contributed by atoms with Gasteiger partial charge in [0.1, 0.15) is 12.4 Å². The second kappa shape index (κ2) is 29.2. The quantitative estimate of drug-likeness (QED) is 0.0143. The molecule has 0 aliphatic rings. The number of hydrogen-bond acceptors (Lipinski definition) is 16. The second-order valence-electron chi connectivity index (χ2n) is 16.5. The summed E-state index contributed by atoms with van der Waals surface area (Å²) in [5.41, 5.74) is 2.34. The molecule has 0 heterocycles. The molecule has 0 bridgehead atoms. The largest absolute Gasteiger partial charge is 0.508 e. The van der Waals surface area contributed by atoms with Gasteiger partial charge in [-0.1, -0.05) is 30.3 Å². The number of ether oxygens (including phenoxy) is 5.